The van der Waals surface area contributed by atoms with Gasteiger partial charge in [-0.3, -0.25) is 9.36 Å². The summed E-state index contributed by atoms with van der Waals surface area (Å²) in [5, 5.41) is 8.99. The van der Waals surface area contributed by atoms with Crippen LogP contribution in [0.1, 0.15) is 12.5 Å². The van der Waals surface area contributed by atoms with Gasteiger partial charge in [0.25, 0.3) is 0 Å². The van der Waals surface area contributed by atoms with Crippen LogP contribution in [0.15, 0.2) is 59.8 Å². The number of ether oxygens (including phenoxy) is 1. The van der Waals surface area contributed by atoms with Gasteiger partial charge in [0.2, 0.25) is 0 Å². The minimum atomic E-state index is -0.373. The van der Waals surface area contributed by atoms with Crippen molar-refractivity contribution in [2.24, 2.45) is 0 Å². The Morgan fingerprint density at radius 2 is 1.88 bits per heavy atom. The van der Waals surface area contributed by atoms with E-state index >= 15 is 0 Å². The number of para-hydroxylation sites is 1. The zero-order valence-electron chi connectivity index (χ0n) is 14.3. The molecular weight excluding hydrogens is 334 g/mol. The lowest BCUT2D eigenvalue weighted by Gasteiger charge is -2.12. The van der Waals surface area contributed by atoms with Crippen LogP contribution in [0.5, 0.6) is 0 Å². The number of hydrogen-bond donors (Lipinski definition) is 0. The molecule has 0 bridgehead atoms. The Balaban J connectivity index is 2.09. The predicted molar refractivity (Wildman–Crippen MR) is 98.9 cm³/mol. The minimum absolute atomic E-state index is 0.287. The van der Waals surface area contributed by atoms with Crippen molar-refractivity contribution in [2.45, 2.75) is 24.3 Å². The molecule has 0 aliphatic carbocycles. The second-order valence-electron chi connectivity index (χ2n) is 5.63. The zero-order chi connectivity index (χ0) is 17.8. The second-order valence-corrected chi connectivity index (χ2v) is 6.94. The number of nitrogens with zero attached hydrogens (tertiary/aromatic N) is 3. The fraction of sp³-hybridized carbons (Fsp3) is 0.211. The number of thioether (sulfide) groups is 1. The van der Waals surface area contributed by atoms with E-state index in [-0.39, 0.29) is 11.2 Å². The average molecular weight is 353 g/mol. The third-order valence-corrected chi connectivity index (χ3v) is 4.76. The molecule has 2 aromatic carbocycles. The van der Waals surface area contributed by atoms with Crippen molar-refractivity contribution >= 4 is 17.7 Å². The summed E-state index contributed by atoms with van der Waals surface area (Å²) < 4.78 is 6.79. The molecule has 5 nitrogen and oxygen atoms in total. The molecule has 0 radical (unpaired) electrons. The smallest absolute Gasteiger partial charge is 0.318 e. The molecule has 0 N–H and O–H groups in total. The topological polar surface area (TPSA) is 57.0 Å². The van der Waals surface area contributed by atoms with Gasteiger partial charge in [-0.15, -0.1) is 10.2 Å². The first-order valence-electron chi connectivity index (χ1n) is 7.92. The van der Waals surface area contributed by atoms with Gasteiger partial charge in [0.15, 0.2) is 11.0 Å². The molecule has 1 atom stereocenters. The summed E-state index contributed by atoms with van der Waals surface area (Å²) in [6.07, 6.45) is 0. The van der Waals surface area contributed by atoms with Crippen molar-refractivity contribution < 1.29 is 9.53 Å². The highest BCUT2D eigenvalue weighted by atomic mass is 32.2. The third-order valence-electron chi connectivity index (χ3n) is 3.74. The van der Waals surface area contributed by atoms with Crippen LogP contribution in [0.2, 0.25) is 0 Å². The fourth-order valence-corrected chi connectivity index (χ4v) is 3.39. The maximum atomic E-state index is 11.8. The molecule has 0 fully saturated rings. The van der Waals surface area contributed by atoms with E-state index in [1.54, 1.807) is 6.92 Å². The van der Waals surface area contributed by atoms with E-state index in [0.717, 1.165) is 22.6 Å². The number of aryl methyl sites for hydroxylation is 1. The largest absolute Gasteiger partial charge is 0.468 e. The van der Waals surface area contributed by atoms with Crippen LogP contribution in [0, 0.1) is 6.92 Å². The van der Waals surface area contributed by atoms with Crippen molar-refractivity contribution in [1.82, 2.24) is 14.8 Å². The summed E-state index contributed by atoms with van der Waals surface area (Å²) in [5.41, 5.74) is 3.08. The molecule has 0 aliphatic heterocycles. The molecule has 1 aromatic heterocycles. The molecule has 3 rings (SSSR count). The number of hydrogen-bond acceptors (Lipinski definition) is 5. The average Bonchev–Trinajstić information content (AvgIpc) is 3.05. The van der Waals surface area contributed by atoms with Crippen LogP contribution in [-0.4, -0.2) is 33.1 Å². The van der Waals surface area contributed by atoms with E-state index in [2.05, 4.69) is 16.3 Å². The monoisotopic (exact) mass is 353 g/mol. The Morgan fingerprint density at radius 3 is 2.56 bits per heavy atom. The molecular formula is C19H19N3O2S. The molecule has 0 spiro atoms. The predicted octanol–water partition coefficient (Wildman–Crippen LogP) is 3.90. The Labute approximate surface area is 151 Å². The van der Waals surface area contributed by atoms with E-state index in [1.807, 2.05) is 60.0 Å². The van der Waals surface area contributed by atoms with E-state index < -0.39 is 0 Å². The Kier molecular flexibility index (Phi) is 5.19. The van der Waals surface area contributed by atoms with E-state index in [4.69, 9.17) is 4.74 Å². The van der Waals surface area contributed by atoms with Gasteiger partial charge in [-0.05, 0) is 32.0 Å². The van der Waals surface area contributed by atoms with Gasteiger partial charge >= 0.3 is 5.97 Å². The van der Waals surface area contributed by atoms with Crippen molar-refractivity contribution in [3.05, 3.63) is 60.2 Å². The van der Waals surface area contributed by atoms with Crippen molar-refractivity contribution in [1.29, 1.82) is 0 Å². The molecule has 0 saturated carbocycles. The van der Waals surface area contributed by atoms with Gasteiger partial charge in [0.05, 0.1) is 7.11 Å². The van der Waals surface area contributed by atoms with Crippen molar-refractivity contribution in [3.8, 4) is 17.1 Å². The van der Waals surface area contributed by atoms with Gasteiger partial charge in [-0.2, -0.15) is 0 Å². The summed E-state index contributed by atoms with van der Waals surface area (Å²) >= 11 is 1.33. The summed E-state index contributed by atoms with van der Waals surface area (Å²) in [7, 11) is 1.39. The molecule has 128 valence electrons. The molecule has 3 aromatic rings. The van der Waals surface area contributed by atoms with E-state index in [1.165, 1.54) is 18.9 Å². The number of esters is 1. The Hall–Kier alpha value is -2.60. The summed E-state index contributed by atoms with van der Waals surface area (Å²) in [6.45, 7) is 3.84. The van der Waals surface area contributed by atoms with Gasteiger partial charge in [0.1, 0.15) is 5.25 Å². The summed E-state index contributed by atoms with van der Waals surface area (Å²) in [5.74, 6) is 0.458. The molecule has 0 unspecified atom stereocenters. The van der Waals surface area contributed by atoms with Crippen LogP contribution in [0.4, 0.5) is 0 Å². The van der Waals surface area contributed by atoms with Crippen molar-refractivity contribution in [3.63, 3.8) is 0 Å². The lowest BCUT2D eigenvalue weighted by Crippen LogP contribution is -2.15. The minimum Gasteiger partial charge on any atom is -0.468 e. The van der Waals surface area contributed by atoms with Crippen LogP contribution in [0.3, 0.4) is 0 Å². The molecule has 0 saturated heterocycles. The van der Waals surface area contributed by atoms with Crippen LogP contribution < -0.4 is 0 Å². The number of benzene rings is 2. The first kappa shape index (κ1) is 17.2. The molecule has 6 heteroatoms. The summed E-state index contributed by atoms with van der Waals surface area (Å²) in [4.78, 5) is 11.8. The summed E-state index contributed by atoms with van der Waals surface area (Å²) in [6, 6.07) is 18.0. The number of rotatable bonds is 5. The highest BCUT2D eigenvalue weighted by molar-refractivity contribution is 8.00. The fourth-order valence-electron chi connectivity index (χ4n) is 2.50. The molecule has 25 heavy (non-hydrogen) atoms. The third kappa shape index (κ3) is 3.74. The van der Waals surface area contributed by atoms with Gasteiger partial charge in [-0.25, -0.2) is 0 Å². The number of aromatic nitrogens is 3. The van der Waals surface area contributed by atoms with Crippen LogP contribution >= 0.6 is 11.8 Å². The van der Waals surface area contributed by atoms with Crippen LogP contribution in [-0.2, 0) is 9.53 Å². The first-order chi connectivity index (χ1) is 12.1. The quantitative estimate of drug-likeness (QED) is 0.514. The number of carbonyl (C=O) groups is 1. The molecule has 0 aliphatic rings. The Morgan fingerprint density at radius 1 is 1.12 bits per heavy atom. The van der Waals surface area contributed by atoms with Crippen molar-refractivity contribution in [2.75, 3.05) is 7.11 Å². The van der Waals surface area contributed by atoms with E-state index in [0.29, 0.717) is 5.16 Å². The SMILES string of the molecule is COC(=O)[C@H](C)Sc1nnc(-c2cccc(C)c2)n1-c1ccccc1. The highest BCUT2D eigenvalue weighted by Gasteiger charge is 2.22. The molecule has 0 amide bonds. The lowest BCUT2D eigenvalue weighted by molar-refractivity contribution is -0.139. The normalized spacial score (nSPS) is 12.0. The second kappa shape index (κ2) is 7.53. The number of methoxy groups -OCH3 is 1. The number of carbonyl (C=O) groups excluding carboxylic acids is 1. The standard InChI is InChI=1S/C19H19N3O2S/c1-13-8-7-9-15(12-13)17-20-21-19(25-14(2)18(23)24-3)22(17)16-10-5-4-6-11-16/h4-12,14H,1-3H3/t14-/m0/s1. The Bertz CT molecular complexity index is 877. The van der Waals surface area contributed by atoms with Gasteiger partial charge < -0.3 is 4.74 Å². The van der Waals surface area contributed by atoms with Crippen LogP contribution in [0.25, 0.3) is 17.1 Å². The maximum absolute atomic E-state index is 11.8. The first-order valence-corrected chi connectivity index (χ1v) is 8.80. The highest BCUT2D eigenvalue weighted by Crippen LogP contribution is 2.30. The van der Waals surface area contributed by atoms with Gasteiger partial charge in [-0.1, -0.05) is 53.7 Å². The lowest BCUT2D eigenvalue weighted by atomic mass is 10.1. The van der Waals surface area contributed by atoms with Gasteiger partial charge in [0, 0.05) is 11.3 Å². The molecule has 1 heterocycles. The maximum Gasteiger partial charge on any atom is 0.318 e. The zero-order valence-corrected chi connectivity index (χ0v) is 15.2. The van der Waals surface area contributed by atoms with E-state index in [9.17, 15) is 4.79 Å².